The standard InChI is InChI=1S/C6H12N2O/c1-7-3-5-8(9-2)6-4-7/h1H,3-6H2,2H3. The zero-order valence-electron chi connectivity index (χ0n) is 5.71. The number of rotatable bonds is 1. The molecule has 1 fully saturated rings. The highest BCUT2D eigenvalue weighted by molar-refractivity contribution is 4.64. The molecule has 3 nitrogen and oxygen atoms in total. The van der Waals surface area contributed by atoms with Crippen molar-refractivity contribution in [3.8, 4) is 0 Å². The van der Waals surface area contributed by atoms with Gasteiger partial charge in [-0.3, -0.25) is 4.90 Å². The first kappa shape index (κ1) is 6.99. The van der Waals surface area contributed by atoms with Crippen LogP contribution >= 0.6 is 0 Å². The maximum absolute atomic E-state index is 5.50. The molecule has 0 atom stereocenters. The summed E-state index contributed by atoms with van der Waals surface area (Å²) in [6, 6.07) is 0. The molecule has 0 unspecified atom stereocenters. The van der Waals surface area contributed by atoms with Crippen LogP contribution in [0, 0.1) is 7.05 Å². The summed E-state index contributed by atoms with van der Waals surface area (Å²) in [5, 5.41) is 1.91. The molecular formula is C6H12N2O. The minimum atomic E-state index is 0.897. The first-order valence-corrected chi connectivity index (χ1v) is 3.11. The third kappa shape index (κ3) is 1.93. The Morgan fingerprint density at radius 2 is 1.78 bits per heavy atom. The number of nitrogens with zero attached hydrogens (tertiary/aromatic N) is 2. The van der Waals surface area contributed by atoms with Crippen molar-refractivity contribution >= 4 is 0 Å². The highest BCUT2D eigenvalue weighted by atomic mass is 16.7. The molecule has 0 bridgehead atoms. The predicted octanol–water partition coefficient (Wildman–Crippen LogP) is -0.166. The van der Waals surface area contributed by atoms with Gasteiger partial charge in [-0.25, -0.2) is 0 Å². The maximum Gasteiger partial charge on any atom is 0.0575 e. The third-order valence-electron chi connectivity index (χ3n) is 1.53. The van der Waals surface area contributed by atoms with E-state index in [1.165, 1.54) is 0 Å². The summed E-state index contributed by atoms with van der Waals surface area (Å²) in [5.41, 5.74) is 0. The van der Waals surface area contributed by atoms with Crippen LogP contribution in [0.3, 0.4) is 0 Å². The van der Waals surface area contributed by atoms with Crippen LogP contribution in [0.15, 0.2) is 0 Å². The SMILES string of the molecule is [CH]N1CCN(OC)CC1. The number of hydrogen-bond donors (Lipinski definition) is 0. The molecule has 1 aliphatic heterocycles. The van der Waals surface area contributed by atoms with Gasteiger partial charge in [0.05, 0.1) is 7.11 Å². The predicted molar refractivity (Wildman–Crippen MR) is 34.5 cm³/mol. The Labute approximate surface area is 56.1 Å². The molecule has 0 aromatic carbocycles. The van der Waals surface area contributed by atoms with Crippen LogP contribution in [0.1, 0.15) is 0 Å². The van der Waals surface area contributed by atoms with E-state index < -0.39 is 0 Å². The molecule has 9 heavy (non-hydrogen) atoms. The molecule has 0 saturated carbocycles. The topological polar surface area (TPSA) is 15.7 Å². The Hall–Kier alpha value is -0.120. The van der Waals surface area contributed by atoms with Crippen molar-refractivity contribution in [2.24, 2.45) is 0 Å². The van der Waals surface area contributed by atoms with Crippen LogP contribution < -0.4 is 0 Å². The largest absolute Gasteiger partial charge is 0.302 e. The Balaban J connectivity index is 2.18. The molecule has 1 rings (SSSR count). The van der Waals surface area contributed by atoms with Gasteiger partial charge < -0.3 is 4.84 Å². The molecular weight excluding hydrogens is 116 g/mol. The summed E-state index contributed by atoms with van der Waals surface area (Å²) < 4.78 is 0. The van der Waals surface area contributed by atoms with Crippen LogP contribution in [0.4, 0.5) is 0 Å². The summed E-state index contributed by atoms with van der Waals surface area (Å²) in [6.45, 7) is 3.61. The highest BCUT2D eigenvalue weighted by Crippen LogP contribution is 1.98. The van der Waals surface area contributed by atoms with Gasteiger partial charge in [-0.15, -0.1) is 0 Å². The quantitative estimate of drug-likeness (QED) is 0.488. The van der Waals surface area contributed by atoms with E-state index in [0.29, 0.717) is 0 Å². The van der Waals surface area contributed by atoms with Gasteiger partial charge in [0.15, 0.2) is 0 Å². The highest BCUT2D eigenvalue weighted by Gasteiger charge is 2.11. The van der Waals surface area contributed by atoms with Crippen LogP contribution in [-0.4, -0.2) is 43.3 Å². The van der Waals surface area contributed by atoms with Gasteiger partial charge in [-0.05, 0) is 0 Å². The summed E-state index contributed by atoms with van der Waals surface area (Å²) in [6.07, 6.45) is 0. The van der Waals surface area contributed by atoms with Crippen molar-refractivity contribution in [3.05, 3.63) is 7.05 Å². The van der Waals surface area contributed by atoms with Crippen molar-refractivity contribution in [2.75, 3.05) is 33.3 Å². The second kappa shape index (κ2) is 3.15. The summed E-state index contributed by atoms with van der Waals surface area (Å²) in [4.78, 5) is 6.79. The molecule has 0 spiro atoms. The first-order chi connectivity index (χ1) is 4.33. The van der Waals surface area contributed by atoms with Gasteiger partial charge in [0.1, 0.15) is 0 Å². The monoisotopic (exact) mass is 128 g/mol. The van der Waals surface area contributed by atoms with E-state index >= 15 is 0 Å². The van der Waals surface area contributed by atoms with Crippen LogP contribution in [0.25, 0.3) is 0 Å². The smallest absolute Gasteiger partial charge is 0.0575 e. The van der Waals surface area contributed by atoms with E-state index in [0.717, 1.165) is 26.2 Å². The molecule has 1 heterocycles. The number of hydrogen-bond acceptors (Lipinski definition) is 3. The zero-order valence-corrected chi connectivity index (χ0v) is 5.71. The molecule has 0 amide bonds. The van der Waals surface area contributed by atoms with Gasteiger partial charge in [-0.2, -0.15) is 5.06 Å². The average molecular weight is 128 g/mol. The fourth-order valence-corrected chi connectivity index (χ4v) is 0.886. The second-order valence-electron chi connectivity index (χ2n) is 2.15. The molecule has 0 N–H and O–H groups in total. The second-order valence-corrected chi connectivity index (χ2v) is 2.15. The van der Waals surface area contributed by atoms with Crippen LogP contribution in [0.2, 0.25) is 0 Å². The van der Waals surface area contributed by atoms with Gasteiger partial charge >= 0.3 is 0 Å². The van der Waals surface area contributed by atoms with E-state index in [2.05, 4.69) is 0 Å². The van der Waals surface area contributed by atoms with E-state index in [9.17, 15) is 0 Å². The summed E-state index contributed by atoms with van der Waals surface area (Å²) >= 11 is 0. The van der Waals surface area contributed by atoms with E-state index in [1.54, 1.807) is 12.0 Å². The maximum atomic E-state index is 5.50. The minimum Gasteiger partial charge on any atom is -0.302 e. The normalized spacial score (nSPS) is 24.7. The van der Waals surface area contributed by atoms with E-state index in [1.807, 2.05) is 5.06 Å². The van der Waals surface area contributed by atoms with Crippen molar-refractivity contribution < 1.29 is 4.84 Å². The third-order valence-corrected chi connectivity index (χ3v) is 1.53. The first-order valence-electron chi connectivity index (χ1n) is 3.11. The summed E-state index contributed by atoms with van der Waals surface area (Å²) in [5.74, 6) is 0. The molecule has 0 aliphatic carbocycles. The van der Waals surface area contributed by atoms with Gasteiger partial charge in [0, 0.05) is 33.2 Å². The Bertz CT molecular complexity index is 79.1. The van der Waals surface area contributed by atoms with Gasteiger partial charge in [0.2, 0.25) is 0 Å². The van der Waals surface area contributed by atoms with Crippen molar-refractivity contribution in [1.29, 1.82) is 0 Å². The van der Waals surface area contributed by atoms with E-state index in [-0.39, 0.29) is 0 Å². The average Bonchev–Trinajstić information content (AvgIpc) is 1.90. The molecule has 52 valence electrons. The lowest BCUT2D eigenvalue weighted by molar-refractivity contribution is -0.147. The van der Waals surface area contributed by atoms with Gasteiger partial charge in [-0.1, -0.05) is 0 Å². The summed E-state index contributed by atoms with van der Waals surface area (Å²) in [7, 11) is 7.19. The lowest BCUT2D eigenvalue weighted by Crippen LogP contribution is -2.42. The lowest BCUT2D eigenvalue weighted by Gasteiger charge is -2.29. The lowest BCUT2D eigenvalue weighted by atomic mass is 10.4. The minimum absolute atomic E-state index is 0.897. The molecule has 0 aromatic heterocycles. The Morgan fingerprint density at radius 3 is 2.22 bits per heavy atom. The Kier molecular flexibility index (Phi) is 2.45. The zero-order chi connectivity index (χ0) is 6.69. The Morgan fingerprint density at radius 1 is 1.22 bits per heavy atom. The fraction of sp³-hybridized carbons (Fsp3) is 0.833. The van der Waals surface area contributed by atoms with Crippen molar-refractivity contribution in [1.82, 2.24) is 9.96 Å². The van der Waals surface area contributed by atoms with Gasteiger partial charge in [0.25, 0.3) is 0 Å². The molecule has 0 aromatic rings. The van der Waals surface area contributed by atoms with E-state index in [4.69, 9.17) is 11.9 Å². The molecule has 2 radical (unpaired) electrons. The fourth-order valence-electron chi connectivity index (χ4n) is 0.886. The van der Waals surface area contributed by atoms with Crippen LogP contribution in [-0.2, 0) is 4.84 Å². The molecule has 1 saturated heterocycles. The van der Waals surface area contributed by atoms with Crippen LogP contribution in [0.5, 0.6) is 0 Å². The molecule has 1 aliphatic rings. The molecule has 3 heteroatoms. The van der Waals surface area contributed by atoms with Crippen molar-refractivity contribution in [3.63, 3.8) is 0 Å². The number of piperazine rings is 1. The van der Waals surface area contributed by atoms with Crippen molar-refractivity contribution in [2.45, 2.75) is 0 Å². The number of hydroxylamine groups is 2.